The molecule has 3 nitrogen and oxygen atoms in total. The second kappa shape index (κ2) is 2.86. The summed E-state index contributed by atoms with van der Waals surface area (Å²) in [5, 5.41) is 3.48. The lowest BCUT2D eigenvalue weighted by atomic mass is 10.5. The number of nitrogens with one attached hydrogen (secondary N) is 1. The predicted molar refractivity (Wildman–Crippen MR) is 47.3 cm³/mol. The van der Waals surface area contributed by atoms with Gasteiger partial charge in [-0.15, -0.1) is 11.3 Å². The van der Waals surface area contributed by atoms with Crippen LogP contribution in [0.15, 0.2) is 6.20 Å². The van der Waals surface area contributed by atoms with Gasteiger partial charge in [-0.1, -0.05) is 0 Å². The molecular weight excluding hydrogens is 172 g/mol. The minimum Gasteiger partial charge on any atom is -0.347 e. The normalized spacial score (nSPS) is 16.1. The van der Waals surface area contributed by atoms with Crippen molar-refractivity contribution in [2.24, 2.45) is 0 Å². The molecule has 1 aromatic heterocycles. The van der Waals surface area contributed by atoms with Gasteiger partial charge in [0.25, 0.3) is 5.91 Å². The molecular formula is C8H10N2OS. The monoisotopic (exact) mass is 182 g/mol. The van der Waals surface area contributed by atoms with Crippen LogP contribution in [-0.2, 0) is 0 Å². The molecule has 0 aromatic carbocycles. The highest BCUT2D eigenvalue weighted by Gasteiger charge is 2.24. The van der Waals surface area contributed by atoms with Gasteiger partial charge in [0.1, 0.15) is 0 Å². The molecule has 1 aliphatic rings. The number of thiazole rings is 1. The number of aryl methyl sites for hydroxylation is 1. The molecule has 0 aliphatic heterocycles. The Morgan fingerprint density at radius 3 is 3.00 bits per heavy atom. The van der Waals surface area contributed by atoms with Gasteiger partial charge >= 0.3 is 0 Å². The van der Waals surface area contributed by atoms with Crippen LogP contribution in [0.5, 0.6) is 0 Å². The summed E-state index contributed by atoms with van der Waals surface area (Å²) in [6.45, 7) is 1.95. The van der Waals surface area contributed by atoms with Crippen LogP contribution in [0.1, 0.15) is 27.5 Å². The third kappa shape index (κ3) is 1.64. The number of rotatable bonds is 2. The molecule has 1 heterocycles. The second-order valence-electron chi connectivity index (χ2n) is 3.02. The molecule has 12 heavy (non-hydrogen) atoms. The predicted octanol–water partition coefficient (Wildman–Crippen LogP) is 1.34. The van der Waals surface area contributed by atoms with Crippen LogP contribution in [0.3, 0.4) is 0 Å². The van der Waals surface area contributed by atoms with Crippen LogP contribution < -0.4 is 5.32 Å². The maximum Gasteiger partial charge on any atom is 0.280 e. The maximum absolute atomic E-state index is 11.3. The lowest BCUT2D eigenvalue weighted by Crippen LogP contribution is -2.25. The average molecular weight is 182 g/mol. The zero-order valence-corrected chi connectivity index (χ0v) is 7.65. The Bertz CT molecular complexity index is 304. The Morgan fingerprint density at radius 1 is 1.75 bits per heavy atom. The molecule has 64 valence electrons. The highest BCUT2D eigenvalue weighted by atomic mass is 32.1. The minimum atomic E-state index is -0.0180. The summed E-state index contributed by atoms with van der Waals surface area (Å²) in [5.41, 5.74) is 0. The first-order chi connectivity index (χ1) is 5.75. The molecule has 1 aliphatic carbocycles. The molecule has 4 heteroatoms. The van der Waals surface area contributed by atoms with E-state index in [1.165, 1.54) is 11.3 Å². The van der Waals surface area contributed by atoms with Gasteiger partial charge in [-0.05, 0) is 19.8 Å². The molecule has 1 fully saturated rings. The van der Waals surface area contributed by atoms with Gasteiger partial charge in [0.15, 0.2) is 5.01 Å². The molecule has 0 bridgehead atoms. The van der Waals surface area contributed by atoms with E-state index in [4.69, 9.17) is 0 Å². The van der Waals surface area contributed by atoms with Gasteiger partial charge in [0, 0.05) is 17.1 Å². The number of hydrogen-bond acceptors (Lipinski definition) is 3. The van der Waals surface area contributed by atoms with Crippen molar-refractivity contribution in [1.82, 2.24) is 10.3 Å². The first-order valence-corrected chi connectivity index (χ1v) is 4.80. The lowest BCUT2D eigenvalue weighted by molar-refractivity contribution is 0.0950. The van der Waals surface area contributed by atoms with Crippen LogP contribution in [0.25, 0.3) is 0 Å². The fraction of sp³-hybridized carbons (Fsp3) is 0.500. The minimum absolute atomic E-state index is 0.0180. The number of amides is 1. The van der Waals surface area contributed by atoms with Crippen molar-refractivity contribution in [3.05, 3.63) is 16.1 Å². The van der Waals surface area contributed by atoms with Crippen molar-refractivity contribution < 1.29 is 4.79 Å². The summed E-state index contributed by atoms with van der Waals surface area (Å²) < 4.78 is 0. The molecule has 0 radical (unpaired) electrons. The molecule has 0 spiro atoms. The van der Waals surface area contributed by atoms with Gasteiger partial charge in [0.2, 0.25) is 0 Å². The van der Waals surface area contributed by atoms with Gasteiger partial charge in [0.05, 0.1) is 0 Å². The Labute approximate surface area is 74.8 Å². The number of carbonyl (C=O) groups is 1. The topological polar surface area (TPSA) is 42.0 Å². The second-order valence-corrected chi connectivity index (χ2v) is 4.26. The fourth-order valence-corrected chi connectivity index (χ4v) is 1.60. The first-order valence-electron chi connectivity index (χ1n) is 3.99. The Hall–Kier alpha value is -0.900. The highest BCUT2D eigenvalue weighted by Crippen LogP contribution is 2.20. The standard InChI is InChI=1S/C8H10N2OS/c1-5-4-9-8(12-5)7(11)10-6-2-3-6/h4,6H,2-3H2,1H3,(H,10,11). The maximum atomic E-state index is 11.3. The fourth-order valence-electron chi connectivity index (χ4n) is 0.935. The molecule has 2 rings (SSSR count). The summed E-state index contributed by atoms with van der Waals surface area (Å²) in [7, 11) is 0. The van der Waals surface area contributed by atoms with E-state index in [1.807, 2.05) is 6.92 Å². The molecule has 0 unspecified atom stereocenters. The van der Waals surface area contributed by atoms with E-state index < -0.39 is 0 Å². The van der Waals surface area contributed by atoms with Gasteiger partial charge < -0.3 is 5.32 Å². The Balaban J connectivity index is 2.03. The zero-order valence-electron chi connectivity index (χ0n) is 6.83. The van der Waals surface area contributed by atoms with Gasteiger partial charge in [-0.2, -0.15) is 0 Å². The van der Waals surface area contributed by atoms with E-state index in [9.17, 15) is 4.79 Å². The van der Waals surface area contributed by atoms with Crippen molar-refractivity contribution in [1.29, 1.82) is 0 Å². The van der Waals surface area contributed by atoms with Crippen molar-refractivity contribution in [3.8, 4) is 0 Å². The van der Waals surface area contributed by atoms with Gasteiger partial charge in [-0.25, -0.2) is 4.98 Å². The van der Waals surface area contributed by atoms with Crippen LogP contribution >= 0.6 is 11.3 Å². The number of nitrogens with zero attached hydrogens (tertiary/aromatic N) is 1. The van der Waals surface area contributed by atoms with Crippen molar-refractivity contribution in [3.63, 3.8) is 0 Å². The van der Waals surface area contributed by atoms with Crippen LogP contribution in [0.4, 0.5) is 0 Å². The Morgan fingerprint density at radius 2 is 2.50 bits per heavy atom. The lowest BCUT2D eigenvalue weighted by Gasteiger charge is -1.97. The number of carbonyl (C=O) groups excluding carboxylic acids is 1. The van der Waals surface area contributed by atoms with Crippen molar-refractivity contribution >= 4 is 17.2 Å². The molecule has 1 saturated carbocycles. The first kappa shape index (κ1) is 7.73. The molecule has 0 saturated heterocycles. The van der Waals surface area contributed by atoms with Crippen LogP contribution in [0.2, 0.25) is 0 Å². The van der Waals surface area contributed by atoms with E-state index in [2.05, 4.69) is 10.3 Å². The third-order valence-electron chi connectivity index (χ3n) is 1.73. The zero-order chi connectivity index (χ0) is 8.55. The average Bonchev–Trinajstić information content (AvgIpc) is 2.72. The highest BCUT2D eigenvalue weighted by molar-refractivity contribution is 7.13. The van der Waals surface area contributed by atoms with Crippen LogP contribution in [-0.4, -0.2) is 16.9 Å². The van der Waals surface area contributed by atoms with Crippen molar-refractivity contribution in [2.75, 3.05) is 0 Å². The largest absolute Gasteiger partial charge is 0.347 e. The summed E-state index contributed by atoms with van der Waals surface area (Å²) >= 11 is 1.44. The SMILES string of the molecule is Cc1cnc(C(=O)NC2CC2)s1. The molecule has 1 N–H and O–H groups in total. The summed E-state index contributed by atoms with van der Waals surface area (Å²) in [6.07, 6.45) is 3.97. The van der Waals surface area contributed by atoms with Crippen LogP contribution in [0, 0.1) is 6.92 Å². The van der Waals surface area contributed by atoms with E-state index in [0.29, 0.717) is 11.0 Å². The summed E-state index contributed by atoms with van der Waals surface area (Å²) in [4.78, 5) is 16.4. The third-order valence-corrected chi connectivity index (χ3v) is 2.64. The molecule has 0 atom stereocenters. The number of hydrogen-bond donors (Lipinski definition) is 1. The van der Waals surface area contributed by atoms with E-state index in [1.54, 1.807) is 6.20 Å². The van der Waals surface area contributed by atoms with E-state index >= 15 is 0 Å². The van der Waals surface area contributed by atoms with E-state index in [-0.39, 0.29) is 5.91 Å². The Kier molecular flexibility index (Phi) is 1.84. The summed E-state index contributed by atoms with van der Waals surface area (Å²) in [6, 6.07) is 0.418. The quantitative estimate of drug-likeness (QED) is 0.750. The van der Waals surface area contributed by atoms with Crippen molar-refractivity contribution in [2.45, 2.75) is 25.8 Å². The molecule has 1 amide bonds. The molecule has 1 aromatic rings. The van der Waals surface area contributed by atoms with Gasteiger partial charge in [-0.3, -0.25) is 4.79 Å². The summed E-state index contributed by atoms with van der Waals surface area (Å²) in [5.74, 6) is -0.0180. The smallest absolute Gasteiger partial charge is 0.280 e. The van der Waals surface area contributed by atoms with E-state index in [0.717, 1.165) is 17.7 Å². The number of aromatic nitrogens is 1.